The second kappa shape index (κ2) is 12.7. The number of ether oxygens (including phenoxy) is 1. The minimum atomic E-state index is 0. The van der Waals surface area contributed by atoms with Crippen molar-refractivity contribution in [2.24, 2.45) is 4.99 Å². The van der Waals surface area contributed by atoms with E-state index in [4.69, 9.17) is 20.9 Å². The molecule has 0 bridgehead atoms. The Bertz CT molecular complexity index is 839. The highest BCUT2D eigenvalue weighted by molar-refractivity contribution is 14.0. The second-order valence-corrected chi connectivity index (χ2v) is 8.27. The van der Waals surface area contributed by atoms with E-state index in [1.807, 2.05) is 25.2 Å². The number of benzene rings is 1. The average molecular weight is 575 g/mol. The van der Waals surface area contributed by atoms with Gasteiger partial charge in [-0.15, -0.1) is 24.0 Å². The largest absolute Gasteiger partial charge is 0.379 e. The van der Waals surface area contributed by atoms with Gasteiger partial charge in [-0.3, -0.25) is 14.8 Å². The minimum absolute atomic E-state index is 0. The summed E-state index contributed by atoms with van der Waals surface area (Å²) in [6, 6.07) is 10.2. The molecule has 3 heterocycles. The van der Waals surface area contributed by atoms with Crippen molar-refractivity contribution in [1.82, 2.24) is 25.2 Å². The van der Waals surface area contributed by atoms with Crippen LogP contribution in [0.2, 0.25) is 5.02 Å². The third-order valence-electron chi connectivity index (χ3n) is 5.96. The number of piperazine rings is 1. The molecule has 0 spiro atoms. The van der Waals surface area contributed by atoms with E-state index in [-0.39, 0.29) is 30.0 Å². The maximum atomic E-state index is 6.57. The number of rotatable bonds is 6. The van der Waals surface area contributed by atoms with Crippen molar-refractivity contribution < 1.29 is 9.26 Å². The highest BCUT2D eigenvalue weighted by Crippen LogP contribution is 2.27. The summed E-state index contributed by atoms with van der Waals surface area (Å²) in [6.45, 7) is 8.64. The Morgan fingerprint density at radius 1 is 1.12 bits per heavy atom. The van der Waals surface area contributed by atoms with E-state index in [9.17, 15) is 0 Å². The summed E-state index contributed by atoms with van der Waals surface area (Å²) in [6.07, 6.45) is 1.63. The third-order valence-corrected chi connectivity index (χ3v) is 6.31. The molecule has 0 saturated carbocycles. The van der Waals surface area contributed by atoms with Gasteiger partial charge in [0.2, 0.25) is 0 Å². The molecule has 1 atom stereocenters. The minimum Gasteiger partial charge on any atom is -0.379 e. The molecule has 8 nitrogen and oxygen atoms in total. The maximum absolute atomic E-state index is 6.57. The van der Waals surface area contributed by atoms with Gasteiger partial charge in [-0.05, 0) is 11.6 Å². The molecule has 1 aromatic heterocycles. The Morgan fingerprint density at radius 2 is 1.88 bits per heavy atom. The molecule has 2 saturated heterocycles. The molecular formula is C22H32ClIN6O2. The van der Waals surface area contributed by atoms with Crippen LogP contribution < -0.4 is 5.32 Å². The molecule has 0 amide bonds. The van der Waals surface area contributed by atoms with Crippen LogP contribution in [-0.2, 0) is 11.3 Å². The molecule has 1 N–H and O–H groups in total. The molecule has 4 rings (SSSR count). The zero-order valence-corrected chi connectivity index (χ0v) is 21.5. The van der Waals surface area contributed by atoms with Gasteiger partial charge >= 0.3 is 0 Å². The molecular weight excluding hydrogens is 543 g/mol. The van der Waals surface area contributed by atoms with Crippen LogP contribution >= 0.6 is 35.6 Å². The van der Waals surface area contributed by atoms with Gasteiger partial charge in [0.1, 0.15) is 6.26 Å². The molecule has 10 heteroatoms. The fraction of sp³-hybridized carbons (Fsp3) is 0.545. The van der Waals surface area contributed by atoms with Crippen molar-refractivity contribution in [2.45, 2.75) is 12.6 Å². The van der Waals surface area contributed by atoms with Crippen LogP contribution in [0.15, 0.2) is 46.1 Å². The van der Waals surface area contributed by atoms with Crippen LogP contribution in [-0.4, -0.2) is 91.9 Å². The van der Waals surface area contributed by atoms with Crippen LogP contribution in [0.5, 0.6) is 0 Å². The van der Waals surface area contributed by atoms with E-state index >= 15 is 0 Å². The fourth-order valence-corrected chi connectivity index (χ4v) is 4.52. The standard InChI is InChI=1S/C22H31ClN6O2.HI/c1-24-22(29-9-7-27(8-10-29)17-18-6-13-31-26-18)25-16-21(28-11-14-30-15-12-28)19-4-2-3-5-20(19)23;/h2-6,13,21H,7-12,14-17H2,1H3,(H,24,25);1H. The fourth-order valence-electron chi connectivity index (χ4n) is 4.26. The first-order valence-electron chi connectivity index (χ1n) is 10.9. The summed E-state index contributed by atoms with van der Waals surface area (Å²) in [7, 11) is 1.85. The van der Waals surface area contributed by atoms with Crippen LogP contribution in [0.1, 0.15) is 17.3 Å². The first kappa shape index (κ1) is 25.2. The van der Waals surface area contributed by atoms with Crippen molar-refractivity contribution >= 4 is 41.5 Å². The van der Waals surface area contributed by atoms with Crippen molar-refractivity contribution in [3.63, 3.8) is 0 Å². The lowest BCUT2D eigenvalue weighted by Crippen LogP contribution is -2.53. The third kappa shape index (κ3) is 6.57. The Kier molecular flexibility index (Phi) is 10.0. The second-order valence-electron chi connectivity index (χ2n) is 7.87. The van der Waals surface area contributed by atoms with Gasteiger partial charge in [-0.25, -0.2) is 0 Å². The van der Waals surface area contributed by atoms with Gasteiger partial charge in [0.25, 0.3) is 0 Å². The van der Waals surface area contributed by atoms with Gasteiger partial charge < -0.3 is 19.5 Å². The highest BCUT2D eigenvalue weighted by Gasteiger charge is 2.26. The molecule has 2 aliphatic rings. The lowest BCUT2D eigenvalue weighted by molar-refractivity contribution is 0.0168. The van der Waals surface area contributed by atoms with Gasteiger partial charge in [-0.1, -0.05) is 35.0 Å². The van der Waals surface area contributed by atoms with Gasteiger partial charge in [0.05, 0.1) is 24.9 Å². The van der Waals surface area contributed by atoms with E-state index in [1.54, 1.807) is 6.26 Å². The number of halogens is 2. The summed E-state index contributed by atoms with van der Waals surface area (Å²) in [5.74, 6) is 0.936. The summed E-state index contributed by atoms with van der Waals surface area (Å²) in [4.78, 5) is 11.7. The summed E-state index contributed by atoms with van der Waals surface area (Å²) in [5, 5.41) is 8.43. The molecule has 1 aromatic carbocycles. The number of guanidine groups is 1. The first-order chi connectivity index (χ1) is 15.2. The SMILES string of the molecule is CN=C(NCC(c1ccccc1Cl)N1CCOCC1)N1CCN(Cc2ccon2)CC1.I. The van der Waals surface area contributed by atoms with E-state index < -0.39 is 0 Å². The number of morpholine rings is 1. The predicted octanol–water partition coefficient (Wildman–Crippen LogP) is 2.71. The van der Waals surface area contributed by atoms with E-state index in [1.165, 1.54) is 0 Å². The Balaban J connectivity index is 0.00000289. The molecule has 2 fully saturated rings. The normalized spacial score (nSPS) is 19.4. The average Bonchev–Trinajstić information content (AvgIpc) is 3.32. The highest BCUT2D eigenvalue weighted by atomic mass is 127. The van der Waals surface area contributed by atoms with E-state index in [0.29, 0.717) is 0 Å². The van der Waals surface area contributed by atoms with Crippen molar-refractivity contribution in [3.05, 3.63) is 52.9 Å². The molecule has 32 heavy (non-hydrogen) atoms. The quantitative estimate of drug-likeness (QED) is 0.323. The number of aromatic nitrogens is 1. The van der Waals surface area contributed by atoms with Gasteiger partial charge in [0, 0.05) is 70.5 Å². The summed E-state index contributed by atoms with van der Waals surface area (Å²) in [5.41, 5.74) is 2.12. The van der Waals surface area contributed by atoms with Crippen LogP contribution in [0.25, 0.3) is 0 Å². The maximum Gasteiger partial charge on any atom is 0.193 e. The number of hydrogen-bond acceptors (Lipinski definition) is 6. The topological polar surface area (TPSA) is 69.4 Å². The lowest BCUT2D eigenvalue weighted by Gasteiger charge is -2.38. The monoisotopic (exact) mass is 574 g/mol. The molecule has 1 unspecified atom stereocenters. The number of nitrogens with zero attached hydrogens (tertiary/aromatic N) is 5. The van der Waals surface area contributed by atoms with Crippen molar-refractivity contribution in [1.29, 1.82) is 0 Å². The Morgan fingerprint density at radius 3 is 2.53 bits per heavy atom. The zero-order valence-electron chi connectivity index (χ0n) is 18.5. The Labute approximate surface area is 211 Å². The number of aliphatic imine (C=N–C) groups is 1. The first-order valence-corrected chi connectivity index (χ1v) is 11.3. The van der Waals surface area contributed by atoms with Crippen molar-refractivity contribution in [3.8, 4) is 0 Å². The predicted molar refractivity (Wildman–Crippen MR) is 137 cm³/mol. The number of hydrogen-bond donors (Lipinski definition) is 1. The molecule has 2 aromatic rings. The number of nitrogens with one attached hydrogen (secondary N) is 1. The van der Waals surface area contributed by atoms with E-state index in [2.05, 4.69) is 42.3 Å². The van der Waals surface area contributed by atoms with Crippen LogP contribution in [0.3, 0.4) is 0 Å². The summed E-state index contributed by atoms with van der Waals surface area (Å²) >= 11 is 6.57. The van der Waals surface area contributed by atoms with Gasteiger partial charge in [-0.2, -0.15) is 0 Å². The smallest absolute Gasteiger partial charge is 0.193 e. The molecule has 2 aliphatic heterocycles. The van der Waals surface area contributed by atoms with Crippen molar-refractivity contribution in [2.75, 3.05) is 66.1 Å². The van der Waals surface area contributed by atoms with Crippen LogP contribution in [0, 0.1) is 0 Å². The zero-order chi connectivity index (χ0) is 21.5. The lowest BCUT2D eigenvalue weighted by atomic mass is 10.0. The van der Waals surface area contributed by atoms with Gasteiger partial charge in [0.15, 0.2) is 5.96 Å². The Hall–Kier alpha value is -1.40. The van der Waals surface area contributed by atoms with Crippen LogP contribution in [0.4, 0.5) is 0 Å². The molecule has 176 valence electrons. The molecule has 0 radical (unpaired) electrons. The molecule has 0 aliphatic carbocycles. The summed E-state index contributed by atoms with van der Waals surface area (Å²) < 4.78 is 10.5. The van der Waals surface area contributed by atoms with E-state index in [0.717, 1.165) is 87.8 Å².